The molecule has 1 saturated heterocycles. The molecule has 0 unspecified atom stereocenters. The van der Waals surface area contributed by atoms with Crippen molar-refractivity contribution >= 4 is 17.7 Å². The molecule has 9 heteroatoms. The fourth-order valence-electron chi connectivity index (χ4n) is 2.28. The van der Waals surface area contributed by atoms with Gasteiger partial charge in [0.05, 0.1) is 12.8 Å². The van der Waals surface area contributed by atoms with Gasteiger partial charge >= 0.3 is 6.18 Å². The molecule has 0 aromatic carbocycles. The highest BCUT2D eigenvalue weighted by Gasteiger charge is 2.34. The number of carbonyl (C=O) groups excluding carboxylic acids is 3. The predicted octanol–water partition coefficient (Wildman–Crippen LogP) is 1.71. The van der Waals surface area contributed by atoms with Crippen molar-refractivity contribution in [1.29, 1.82) is 0 Å². The number of likely N-dealkylation sites (tertiary alicyclic amines) is 1. The van der Waals surface area contributed by atoms with E-state index in [2.05, 4.69) is 0 Å². The third kappa shape index (κ3) is 4.83. The van der Waals surface area contributed by atoms with Gasteiger partial charge in [-0.05, 0) is 12.1 Å². The second-order valence-electron chi connectivity index (χ2n) is 5.13. The fourth-order valence-corrected chi connectivity index (χ4v) is 2.28. The lowest BCUT2D eigenvalue weighted by Gasteiger charge is -2.24. The van der Waals surface area contributed by atoms with E-state index in [1.807, 2.05) is 0 Å². The first kappa shape index (κ1) is 17.0. The molecule has 6 nitrogen and oxygen atoms in total. The molecule has 1 aromatic rings. The summed E-state index contributed by atoms with van der Waals surface area (Å²) in [4.78, 5) is 36.4. The fraction of sp³-hybridized carbons (Fsp3) is 0.500. The third-order valence-corrected chi connectivity index (χ3v) is 3.35. The van der Waals surface area contributed by atoms with Crippen LogP contribution in [0.25, 0.3) is 0 Å². The van der Waals surface area contributed by atoms with Gasteiger partial charge in [-0.15, -0.1) is 0 Å². The van der Waals surface area contributed by atoms with E-state index in [4.69, 9.17) is 4.42 Å². The first-order valence-electron chi connectivity index (χ1n) is 6.96. The van der Waals surface area contributed by atoms with Crippen molar-refractivity contribution in [3.63, 3.8) is 0 Å². The van der Waals surface area contributed by atoms with Crippen LogP contribution in [0.5, 0.6) is 0 Å². The van der Waals surface area contributed by atoms with Gasteiger partial charge in [0.15, 0.2) is 0 Å². The van der Waals surface area contributed by atoms with Crippen LogP contribution in [0.2, 0.25) is 0 Å². The van der Waals surface area contributed by atoms with E-state index in [-0.39, 0.29) is 38.1 Å². The molecule has 0 N–H and O–H groups in total. The van der Waals surface area contributed by atoms with E-state index < -0.39 is 30.4 Å². The van der Waals surface area contributed by atoms with Crippen molar-refractivity contribution in [3.05, 3.63) is 24.2 Å². The number of imide groups is 1. The molecule has 1 aliphatic rings. The second kappa shape index (κ2) is 6.84. The van der Waals surface area contributed by atoms with Crippen molar-refractivity contribution in [2.45, 2.75) is 32.0 Å². The van der Waals surface area contributed by atoms with Crippen LogP contribution in [-0.4, -0.2) is 46.8 Å². The maximum atomic E-state index is 12.6. The van der Waals surface area contributed by atoms with Gasteiger partial charge in [-0.25, -0.2) is 0 Å². The summed E-state index contributed by atoms with van der Waals surface area (Å²) in [7, 11) is 0. The van der Waals surface area contributed by atoms with E-state index in [9.17, 15) is 27.6 Å². The van der Waals surface area contributed by atoms with Gasteiger partial charge in [0.1, 0.15) is 12.3 Å². The van der Waals surface area contributed by atoms with Gasteiger partial charge in [-0.3, -0.25) is 19.3 Å². The Morgan fingerprint density at radius 1 is 1.26 bits per heavy atom. The average molecular weight is 332 g/mol. The quantitative estimate of drug-likeness (QED) is 0.744. The number of rotatable bonds is 6. The number of hydrogen-bond acceptors (Lipinski definition) is 4. The molecule has 2 heterocycles. The summed E-state index contributed by atoms with van der Waals surface area (Å²) in [6.07, 6.45) is -3.46. The van der Waals surface area contributed by atoms with Gasteiger partial charge in [0.25, 0.3) is 0 Å². The minimum Gasteiger partial charge on any atom is -0.467 e. The summed E-state index contributed by atoms with van der Waals surface area (Å²) in [5.41, 5.74) is 0. The number of carbonyl (C=O) groups is 3. The van der Waals surface area contributed by atoms with Crippen molar-refractivity contribution in [1.82, 2.24) is 9.80 Å². The molecule has 126 valence electrons. The molecule has 1 aromatic heterocycles. The highest BCUT2D eigenvalue weighted by atomic mass is 19.4. The van der Waals surface area contributed by atoms with Crippen molar-refractivity contribution in [2.75, 3.05) is 13.1 Å². The van der Waals surface area contributed by atoms with Crippen molar-refractivity contribution in [3.8, 4) is 0 Å². The normalized spacial score (nSPS) is 15.3. The van der Waals surface area contributed by atoms with Crippen LogP contribution in [0, 0.1) is 0 Å². The lowest BCUT2D eigenvalue weighted by Crippen LogP contribution is -2.40. The van der Waals surface area contributed by atoms with Gasteiger partial charge in [-0.2, -0.15) is 13.2 Å². The second-order valence-corrected chi connectivity index (χ2v) is 5.13. The Kier molecular flexibility index (Phi) is 5.07. The SMILES string of the molecule is O=C(CCN1C(=O)CCC1=O)N(Cc1ccco1)CC(F)(F)F. The molecule has 0 radical (unpaired) electrons. The van der Waals surface area contributed by atoms with Crippen LogP contribution >= 0.6 is 0 Å². The summed E-state index contributed by atoms with van der Waals surface area (Å²) < 4.78 is 42.8. The van der Waals surface area contributed by atoms with Crippen LogP contribution in [0.1, 0.15) is 25.0 Å². The summed E-state index contributed by atoms with van der Waals surface area (Å²) in [5, 5.41) is 0. The minimum absolute atomic E-state index is 0.0751. The zero-order chi connectivity index (χ0) is 17.0. The lowest BCUT2D eigenvalue weighted by atomic mass is 10.3. The van der Waals surface area contributed by atoms with Crippen molar-refractivity contribution < 1.29 is 32.0 Å². The van der Waals surface area contributed by atoms with Crippen molar-refractivity contribution in [2.24, 2.45) is 0 Å². The molecule has 1 aliphatic heterocycles. The molecule has 1 fully saturated rings. The highest BCUT2D eigenvalue weighted by Crippen LogP contribution is 2.20. The topological polar surface area (TPSA) is 70.8 Å². The third-order valence-electron chi connectivity index (χ3n) is 3.35. The molecule has 0 bridgehead atoms. The molecular formula is C14H15F3N2O4. The van der Waals surface area contributed by atoms with E-state index >= 15 is 0 Å². The summed E-state index contributed by atoms with van der Waals surface area (Å²) in [6.45, 7) is -1.95. The lowest BCUT2D eigenvalue weighted by molar-refractivity contribution is -0.163. The Balaban J connectivity index is 1.98. The van der Waals surface area contributed by atoms with Crippen LogP contribution in [0.15, 0.2) is 22.8 Å². The first-order chi connectivity index (χ1) is 10.8. The average Bonchev–Trinajstić information content (AvgIpc) is 3.05. The van der Waals surface area contributed by atoms with Gasteiger partial charge in [-0.1, -0.05) is 0 Å². The van der Waals surface area contributed by atoms with Crippen LogP contribution in [0.4, 0.5) is 13.2 Å². The molecule has 0 atom stereocenters. The Morgan fingerprint density at radius 3 is 2.43 bits per heavy atom. The van der Waals surface area contributed by atoms with Gasteiger partial charge in [0.2, 0.25) is 17.7 Å². The Bertz CT molecular complexity index is 567. The maximum Gasteiger partial charge on any atom is 0.406 e. The first-order valence-corrected chi connectivity index (χ1v) is 6.96. The van der Waals surface area contributed by atoms with E-state index in [1.54, 1.807) is 0 Å². The summed E-state index contributed by atoms with van der Waals surface area (Å²) in [5.74, 6) is -1.39. The number of amides is 3. The monoisotopic (exact) mass is 332 g/mol. The highest BCUT2D eigenvalue weighted by molar-refractivity contribution is 6.02. The van der Waals surface area contributed by atoms with E-state index in [1.165, 1.54) is 18.4 Å². The summed E-state index contributed by atoms with van der Waals surface area (Å²) >= 11 is 0. The number of hydrogen-bond donors (Lipinski definition) is 0. The minimum atomic E-state index is -4.55. The van der Waals surface area contributed by atoms with Gasteiger partial charge < -0.3 is 9.32 Å². The molecule has 23 heavy (non-hydrogen) atoms. The zero-order valence-corrected chi connectivity index (χ0v) is 12.1. The number of halogens is 3. The molecule has 0 aliphatic carbocycles. The Morgan fingerprint density at radius 2 is 1.91 bits per heavy atom. The smallest absolute Gasteiger partial charge is 0.406 e. The maximum absolute atomic E-state index is 12.6. The molecule has 3 amide bonds. The number of alkyl halides is 3. The van der Waals surface area contributed by atoms with Crippen LogP contribution in [0.3, 0.4) is 0 Å². The molecule has 0 spiro atoms. The predicted molar refractivity (Wildman–Crippen MR) is 70.8 cm³/mol. The standard InChI is InChI=1S/C14H15F3N2O4/c15-14(16,17)9-18(8-10-2-1-7-23-10)11(20)5-6-19-12(21)3-4-13(19)22/h1-2,7H,3-6,8-9H2. The van der Waals surface area contributed by atoms with Crippen LogP contribution < -0.4 is 0 Å². The number of furan rings is 1. The molecular weight excluding hydrogens is 317 g/mol. The molecule has 0 saturated carbocycles. The Labute approximate surface area is 129 Å². The Hall–Kier alpha value is -2.32. The zero-order valence-electron chi connectivity index (χ0n) is 12.1. The van der Waals surface area contributed by atoms with E-state index in [0.717, 1.165) is 4.90 Å². The molecule has 2 rings (SSSR count). The largest absolute Gasteiger partial charge is 0.467 e. The van der Waals surface area contributed by atoms with Gasteiger partial charge in [0, 0.05) is 25.8 Å². The van der Waals surface area contributed by atoms with E-state index in [0.29, 0.717) is 4.90 Å². The van der Waals surface area contributed by atoms with Crippen LogP contribution in [-0.2, 0) is 20.9 Å². The number of nitrogens with zero attached hydrogens (tertiary/aromatic N) is 2. The summed E-state index contributed by atoms with van der Waals surface area (Å²) in [6, 6.07) is 2.97.